The Bertz CT molecular complexity index is 122. The minimum absolute atomic E-state index is 0.597. The molecule has 0 bridgehead atoms. The van der Waals surface area contributed by atoms with Crippen LogP contribution in [0.4, 0.5) is 0 Å². The van der Waals surface area contributed by atoms with E-state index >= 15 is 0 Å². The molecule has 0 saturated carbocycles. The van der Waals surface area contributed by atoms with Crippen LogP contribution in [0, 0.1) is 0 Å². The summed E-state index contributed by atoms with van der Waals surface area (Å²) in [5.41, 5.74) is 0. The molecule has 1 saturated heterocycles. The molecule has 0 amide bonds. The molecule has 1 heterocycles. The first-order valence-corrected chi connectivity index (χ1v) is 4.72. The zero-order chi connectivity index (χ0) is 8.65. The average molecular weight is 169 g/mol. The molecule has 1 atom stereocenters. The Morgan fingerprint density at radius 2 is 2.25 bits per heavy atom. The highest BCUT2D eigenvalue weighted by atomic mass is 16.1. The Labute approximate surface area is 73.9 Å². The molecule has 0 aliphatic carbocycles. The molecule has 1 rings (SSSR count). The standard InChI is InChI=1S/C9H17N2O/c12-7-3-1-2-4-9-8-10-5-6-11-9/h9-11H,1-6,8H2. The van der Waals surface area contributed by atoms with E-state index in [0.717, 1.165) is 32.5 Å². The molecule has 3 heteroatoms. The molecule has 0 aromatic carbocycles. The van der Waals surface area contributed by atoms with Crippen LogP contribution >= 0.6 is 0 Å². The van der Waals surface area contributed by atoms with Crippen molar-refractivity contribution in [1.29, 1.82) is 0 Å². The lowest BCUT2D eigenvalue weighted by Gasteiger charge is -2.24. The molecule has 1 unspecified atom stereocenters. The van der Waals surface area contributed by atoms with E-state index < -0.39 is 0 Å². The fourth-order valence-corrected chi connectivity index (χ4v) is 1.51. The average Bonchev–Trinajstić information content (AvgIpc) is 2.14. The monoisotopic (exact) mass is 169 g/mol. The number of hydrogen-bond donors (Lipinski definition) is 2. The van der Waals surface area contributed by atoms with Gasteiger partial charge in [-0.2, -0.15) is 0 Å². The highest BCUT2D eigenvalue weighted by molar-refractivity contribution is 5.50. The molecule has 12 heavy (non-hydrogen) atoms. The van der Waals surface area contributed by atoms with Gasteiger partial charge in [-0.3, -0.25) is 4.79 Å². The van der Waals surface area contributed by atoms with Gasteiger partial charge in [0, 0.05) is 32.1 Å². The highest BCUT2D eigenvalue weighted by Crippen LogP contribution is 2.03. The van der Waals surface area contributed by atoms with Gasteiger partial charge in [-0.1, -0.05) is 6.42 Å². The molecule has 2 N–H and O–H groups in total. The fraction of sp³-hybridized carbons (Fsp3) is 0.889. The third kappa shape index (κ3) is 3.83. The minimum Gasteiger partial charge on any atom is -0.314 e. The van der Waals surface area contributed by atoms with Gasteiger partial charge < -0.3 is 10.6 Å². The van der Waals surface area contributed by atoms with E-state index in [0.29, 0.717) is 12.5 Å². The first-order chi connectivity index (χ1) is 5.93. The topological polar surface area (TPSA) is 41.1 Å². The summed E-state index contributed by atoms with van der Waals surface area (Å²) in [6.07, 6.45) is 5.81. The second kappa shape index (κ2) is 6.14. The lowest BCUT2D eigenvalue weighted by Crippen LogP contribution is -2.48. The van der Waals surface area contributed by atoms with Crippen LogP contribution in [0.25, 0.3) is 0 Å². The lowest BCUT2D eigenvalue weighted by molar-refractivity contribution is 0.389. The predicted molar refractivity (Wildman–Crippen MR) is 48.8 cm³/mol. The smallest absolute Gasteiger partial charge is 0.198 e. The van der Waals surface area contributed by atoms with E-state index in [1.165, 1.54) is 6.42 Å². The number of nitrogens with one attached hydrogen (secondary N) is 2. The van der Waals surface area contributed by atoms with Gasteiger partial charge in [0.05, 0.1) is 0 Å². The van der Waals surface area contributed by atoms with Crippen molar-refractivity contribution in [3.05, 3.63) is 0 Å². The molecular formula is C9H17N2O. The zero-order valence-electron chi connectivity index (χ0n) is 7.44. The van der Waals surface area contributed by atoms with Gasteiger partial charge in [-0.05, 0) is 12.8 Å². The third-order valence-electron chi connectivity index (χ3n) is 2.21. The summed E-state index contributed by atoms with van der Waals surface area (Å²) in [5, 5.41) is 6.77. The Kier molecular flexibility index (Phi) is 4.95. The van der Waals surface area contributed by atoms with E-state index in [4.69, 9.17) is 0 Å². The summed E-state index contributed by atoms with van der Waals surface area (Å²) in [6.45, 7) is 3.23. The molecule has 1 fully saturated rings. The van der Waals surface area contributed by atoms with Gasteiger partial charge in [-0.15, -0.1) is 0 Å². The summed E-state index contributed by atoms with van der Waals surface area (Å²) >= 11 is 0. The van der Waals surface area contributed by atoms with Crippen LogP contribution in [0.15, 0.2) is 0 Å². The molecule has 1 radical (unpaired) electrons. The first kappa shape index (κ1) is 9.68. The van der Waals surface area contributed by atoms with Crippen LogP contribution in [0.3, 0.4) is 0 Å². The second-order valence-electron chi connectivity index (χ2n) is 3.25. The third-order valence-corrected chi connectivity index (χ3v) is 2.21. The molecule has 0 aromatic heterocycles. The zero-order valence-corrected chi connectivity index (χ0v) is 7.44. The predicted octanol–water partition coefficient (Wildman–Crippen LogP) is 0.218. The molecular weight excluding hydrogens is 152 g/mol. The van der Waals surface area contributed by atoms with Crippen molar-refractivity contribution in [2.24, 2.45) is 0 Å². The SMILES string of the molecule is O=[C]CCCCC1CNCCN1. The van der Waals surface area contributed by atoms with E-state index in [-0.39, 0.29) is 0 Å². The minimum atomic E-state index is 0.597. The van der Waals surface area contributed by atoms with E-state index in [1.807, 2.05) is 6.29 Å². The van der Waals surface area contributed by atoms with E-state index in [1.54, 1.807) is 0 Å². The molecule has 3 nitrogen and oxygen atoms in total. The molecule has 69 valence electrons. The van der Waals surface area contributed by atoms with Gasteiger partial charge in [0.2, 0.25) is 0 Å². The quantitative estimate of drug-likeness (QED) is 0.578. The Morgan fingerprint density at radius 3 is 2.92 bits per heavy atom. The number of unbranched alkanes of at least 4 members (excludes halogenated alkanes) is 2. The Balaban J connectivity index is 1.94. The summed E-state index contributed by atoms with van der Waals surface area (Å²) < 4.78 is 0. The number of rotatable bonds is 5. The maximum absolute atomic E-state index is 9.90. The van der Waals surface area contributed by atoms with Crippen LogP contribution in [0.5, 0.6) is 0 Å². The summed E-state index contributed by atoms with van der Waals surface area (Å²) in [7, 11) is 0. The van der Waals surface area contributed by atoms with Crippen LogP contribution in [-0.4, -0.2) is 32.0 Å². The Morgan fingerprint density at radius 1 is 1.33 bits per heavy atom. The van der Waals surface area contributed by atoms with Crippen molar-refractivity contribution in [2.75, 3.05) is 19.6 Å². The van der Waals surface area contributed by atoms with Crippen LogP contribution in [0.1, 0.15) is 25.7 Å². The fourth-order valence-electron chi connectivity index (χ4n) is 1.51. The van der Waals surface area contributed by atoms with Crippen molar-refractivity contribution >= 4 is 6.29 Å². The van der Waals surface area contributed by atoms with Crippen molar-refractivity contribution in [2.45, 2.75) is 31.7 Å². The lowest BCUT2D eigenvalue weighted by atomic mass is 10.1. The van der Waals surface area contributed by atoms with Crippen LogP contribution in [0.2, 0.25) is 0 Å². The van der Waals surface area contributed by atoms with Crippen molar-refractivity contribution < 1.29 is 4.79 Å². The normalized spacial score (nSPS) is 23.8. The number of carbonyl (C=O) groups excluding carboxylic acids is 1. The number of piperazine rings is 1. The maximum Gasteiger partial charge on any atom is 0.198 e. The van der Waals surface area contributed by atoms with Gasteiger partial charge in [0.15, 0.2) is 6.29 Å². The van der Waals surface area contributed by atoms with Gasteiger partial charge in [0.1, 0.15) is 0 Å². The Hall–Kier alpha value is -0.410. The molecule has 1 aliphatic heterocycles. The molecule has 0 aromatic rings. The van der Waals surface area contributed by atoms with Crippen molar-refractivity contribution in [3.63, 3.8) is 0 Å². The van der Waals surface area contributed by atoms with Gasteiger partial charge in [-0.25, -0.2) is 0 Å². The summed E-state index contributed by atoms with van der Waals surface area (Å²) in [6, 6.07) is 0.616. The second-order valence-corrected chi connectivity index (χ2v) is 3.25. The van der Waals surface area contributed by atoms with Crippen LogP contribution in [-0.2, 0) is 4.79 Å². The van der Waals surface area contributed by atoms with Gasteiger partial charge in [0.25, 0.3) is 0 Å². The largest absolute Gasteiger partial charge is 0.314 e. The van der Waals surface area contributed by atoms with Gasteiger partial charge >= 0.3 is 0 Å². The molecule has 1 aliphatic rings. The molecule has 0 spiro atoms. The highest BCUT2D eigenvalue weighted by Gasteiger charge is 2.10. The maximum atomic E-state index is 9.90. The first-order valence-electron chi connectivity index (χ1n) is 4.72. The van der Waals surface area contributed by atoms with E-state index in [2.05, 4.69) is 10.6 Å². The number of hydrogen-bond acceptors (Lipinski definition) is 3. The summed E-state index contributed by atoms with van der Waals surface area (Å²) in [4.78, 5) is 9.90. The van der Waals surface area contributed by atoms with Crippen molar-refractivity contribution in [3.8, 4) is 0 Å². The summed E-state index contributed by atoms with van der Waals surface area (Å²) in [5.74, 6) is 0. The van der Waals surface area contributed by atoms with Crippen LogP contribution < -0.4 is 10.6 Å². The van der Waals surface area contributed by atoms with Crippen molar-refractivity contribution in [1.82, 2.24) is 10.6 Å². The van der Waals surface area contributed by atoms with E-state index in [9.17, 15) is 4.79 Å².